The van der Waals surface area contributed by atoms with E-state index in [2.05, 4.69) is 0 Å². The summed E-state index contributed by atoms with van der Waals surface area (Å²) in [6.07, 6.45) is 0.354. The van der Waals surface area contributed by atoms with E-state index in [0.717, 1.165) is 22.1 Å². The number of hydrogen-bond acceptors (Lipinski definition) is 9. The van der Waals surface area contributed by atoms with E-state index in [1.165, 1.54) is 0 Å². The summed E-state index contributed by atoms with van der Waals surface area (Å²) in [5.41, 5.74) is 15.3. The van der Waals surface area contributed by atoms with Crippen molar-refractivity contribution in [2.75, 3.05) is 39.5 Å². The second-order valence-corrected chi connectivity index (χ2v) is 7.89. The quantitative estimate of drug-likeness (QED) is 0.243. The fourth-order valence-corrected chi connectivity index (χ4v) is 4.19. The molecule has 0 amide bonds. The average Bonchev–Trinajstić information content (AvgIpc) is 3.38. The molecule has 176 valence electrons. The first kappa shape index (κ1) is 24.0. The number of nitrogens with two attached hydrogens (primary N) is 2. The minimum absolute atomic E-state index is 0.0448. The van der Waals surface area contributed by atoms with Gasteiger partial charge in [-0.15, -0.1) is 0 Å². The van der Waals surface area contributed by atoms with Crippen LogP contribution in [0, 0.1) is 0 Å². The largest absolute Gasteiger partial charge is 0.494 e. The topological polar surface area (TPSA) is 139 Å². The van der Waals surface area contributed by atoms with Gasteiger partial charge in [0.15, 0.2) is 0 Å². The van der Waals surface area contributed by atoms with Crippen LogP contribution in [0.2, 0.25) is 0 Å². The van der Waals surface area contributed by atoms with Crippen molar-refractivity contribution in [2.24, 2.45) is 11.5 Å². The molecular weight excluding hydrogens is 426 g/mol. The van der Waals surface area contributed by atoms with Crippen LogP contribution < -0.4 is 31.9 Å². The van der Waals surface area contributed by atoms with Crippen LogP contribution in [0.1, 0.15) is 36.2 Å². The molecular formula is C22H30B2N2O7. The molecule has 0 saturated carbocycles. The molecule has 2 aliphatic rings. The Balaban J connectivity index is 1.62. The normalized spacial score (nSPS) is 19.0. The zero-order valence-corrected chi connectivity index (χ0v) is 18.5. The van der Waals surface area contributed by atoms with Crippen LogP contribution in [0.15, 0.2) is 36.4 Å². The van der Waals surface area contributed by atoms with E-state index in [4.69, 9.17) is 45.0 Å². The first-order valence-corrected chi connectivity index (χ1v) is 11.3. The Morgan fingerprint density at radius 1 is 0.758 bits per heavy atom. The molecule has 11 heteroatoms. The zero-order chi connectivity index (χ0) is 23.2. The van der Waals surface area contributed by atoms with Crippen LogP contribution in [-0.2, 0) is 13.9 Å². The van der Waals surface area contributed by atoms with E-state index in [-0.39, 0.29) is 38.5 Å². The molecule has 0 spiro atoms. The van der Waals surface area contributed by atoms with Crippen molar-refractivity contribution in [1.82, 2.24) is 0 Å². The van der Waals surface area contributed by atoms with Crippen molar-refractivity contribution in [1.29, 1.82) is 0 Å². The van der Waals surface area contributed by atoms with Gasteiger partial charge in [-0.25, -0.2) is 0 Å². The number of hydrogen-bond donors (Lipinski definition) is 4. The highest BCUT2D eigenvalue weighted by atomic mass is 16.7. The third kappa shape index (κ3) is 5.04. The lowest BCUT2D eigenvalue weighted by atomic mass is 9.70. The monoisotopic (exact) mass is 456 g/mol. The van der Waals surface area contributed by atoms with Crippen molar-refractivity contribution >= 4 is 25.2 Å². The number of rotatable bonds is 12. The van der Waals surface area contributed by atoms with E-state index in [1.807, 2.05) is 36.4 Å². The Labute approximate surface area is 194 Å². The molecule has 0 fully saturated rings. The Kier molecular flexibility index (Phi) is 8.26. The summed E-state index contributed by atoms with van der Waals surface area (Å²) < 4.78 is 30.5. The van der Waals surface area contributed by atoms with Gasteiger partial charge in [0.05, 0.1) is 25.4 Å². The van der Waals surface area contributed by atoms with Crippen LogP contribution in [0.5, 0.6) is 11.5 Å². The number of aliphatic hydroxyl groups is 2. The summed E-state index contributed by atoms with van der Waals surface area (Å²) in [6, 6.07) is 11.4. The fraction of sp³-hybridized carbons (Fsp3) is 0.455. The van der Waals surface area contributed by atoms with E-state index < -0.39 is 14.2 Å². The minimum Gasteiger partial charge on any atom is -0.494 e. The number of aliphatic hydroxyl groups excluding tert-OH is 2. The van der Waals surface area contributed by atoms with Gasteiger partial charge in [-0.2, -0.15) is 0 Å². The lowest BCUT2D eigenvalue weighted by Gasteiger charge is -2.18. The first-order chi connectivity index (χ1) is 16.2. The minimum atomic E-state index is -0.765. The summed E-state index contributed by atoms with van der Waals surface area (Å²) in [7, 11) is -1.53. The molecule has 2 aromatic carbocycles. The molecule has 9 nitrogen and oxygen atoms in total. The van der Waals surface area contributed by atoms with Gasteiger partial charge in [0.25, 0.3) is 0 Å². The van der Waals surface area contributed by atoms with Gasteiger partial charge in [0.1, 0.15) is 11.5 Å². The predicted molar refractivity (Wildman–Crippen MR) is 125 cm³/mol. The Hall–Kier alpha value is -2.11. The lowest BCUT2D eigenvalue weighted by molar-refractivity contribution is 0.169. The molecule has 2 aromatic rings. The summed E-state index contributed by atoms with van der Waals surface area (Å²) in [4.78, 5) is 0. The maximum Gasteiger partial charge on any atom is 0.485 e. The molecule has 2 aliphatic heterocycles. The van der Waals surface area contributed by atoms with Crippen molar-refractivity contribution < 1.29 is 33.6 Å². The van der Waals surface area contributed by atoms with E-state index in [9.17, 15) is 0 Å². The van der Waals surface area contributed by atoms with Gasteiger partial charge < -0.3 is 45.0 Å². The van der Waals surface area contributed by atoms with Crippen LogP contribution in [0.25, 0.3) is 0 Å². The SMILES string of the molecule is NCC1OB(OB2OC(CN)c3cccc(OCCCO)c32)c2c(OCCCO)cccc21. The molecule has 0 aliphatic carbocycles. The van der Waals surface area contributed by atoms with Gasteiger partial charge in [-0.1, -0.05) is 24.3 Å². The predicted octanol–water partition coefficient (Wildman–Crippen LogP) is -0.624. The Morgan fingerprint density at radius 2 is 1.21 bits per heavy atom. The maximum absolute atomic E-state index is 9.11. The molecule has 0 radical (unpaired) electrons. The second-order valence-electron chi connectivity index (χ2n) is 7.89. The standard InChI is InChI=1S/C22H30B2N2O7/c25-13-19-15-5-1-7-17(29-11-3-9-27)21(15)23(31-19)33-24-22-16(20(14-26)32-24)6-2-8-18(22)30-12-4-10-28/h1-2,5-8,19-20,27-28H,3-4,9-14,25-26H2. The van der Waals surface area contributed by atoms with Crippen molar-refractivity contribution in [3.63, 3.8) is 0 Å². The van der Waals surface area contributed by atoms with E-state index in [0.29, 0.717) is 37.6 Å². The molecule has 0 bridgehead atoms. The smallest absolute Gasteiger partial charge is 0.485 e. The van der Waals surface area contributed by atoms with Crippen LogP contribution in [0.3, 0.4) is 0 Å². The summed E-state index contributed by atoms with van der Waals surface area (Å²) in [5.74, 6) is 1.26. The highest BCUT2D eigenvalue weighted by Gasteiger charge is 2.47. The van der Waals surface area contributed by atoms with Crippen molar-refractivity contribution in [2.45, 2.75) is 25.0 Å². The molecule has 2 heterocycles. The molecule has 0 aromatic heterocycles. The molecule has 0 saturated heterocycles. The van der Waals surface area contributed by atoms with Gasteiger partial charge >= 0.3 is 14.2 Å². The second kappa shape index (κ2) is 11.3. The Morgan fingerprint density at radius 3 is 1.61 bits per heavy atom. The third-order valence-corrected chi connectivity index (χ3v) is 5.74. The maximum atomic E-state index is 9.11. The number of fused-ring (bicyclic) bond motifs is 2. The lowest BCUT2D eigenvalue weighted by Crippen LogP contribution is -2.45. The highest BCUT2D eigenvalue weighted by Crippen LogP contribution is 2.32. The van der Waals surface area contributed by atoms with E-state index in [1.54, 1.807) is 0 Å². The van der Waals surface area contributed by atoms with Crippen molar-refractivity contribution in [3.05, 3.63) is 47.5 Å². The molecule has 4 rings (SSSR count). The molecule has 33 heavy (non-hydrogen) atoms. The van der Waals surface area contributed by atoms with Gasteiger partial charge in [0, 0.05) is 50.1 Å². The molecule has 2 atom stereocenters. The first-order valence-electron chi connectivity index (χ1n) is 11.3. The van der Waals surface area contributed by atoms with Gasteiger partial charge in [-0.05, 0) is 23.3 Å². The summed E-state index contributed by atoms with van der Waals surface area (Å²) >= 11 is 0. The van der Waals surface area contributed by atoms with Crippen LogP contribution in [-0.4, -0.2) is 64.0 Å². The summed E-state index contributed by atoms with van der Waals surface area (Å²) in [6.45, 7) is 1.40. The highest BCUT2D eigenvalue weighted by molar-refractivity contribution is 6.76. The fourth-order valence-electron chi connectivity index (χ4n) is 4.19. The van der Waals surface area contributed by atoms with Crippen LogP contribution >= 0.6 is 0 Å². The van der Waals surface area contributed by atoms with Crippen molar-refractivity contribution in [3.8, 4) is 11.5 Å². The number of ether oxygens (including phenoxy) is 2. The van der Waals surface area contributed by atoms with Gasteiger partial charge in [-0.3, -0.25) is 0 Å². The zero-order valence-electron chi connectivity index (χ0n) is 18.5. The third-order valence-electron chi connectivity index (χ3n) is 5.74. The number of benzene rings is 2. The average molecular weight is 456 g/mol. The molecule has 2 unspecified atom stereocenters. The van der Waals surface area contributed by atoms with E-state index >= 15 is 0 Å². The summed E-state index contributed by atoms with van der Waals surface area (Å²) in [5, 5.41) is 18.2. The van der Waals surface area contributed by atoms with Gasteiger partial charge in [0.2, 0.25) is 0 Å². The molecule has 6 N–H and O–H groups in total. The Bertz CT molecular complexity index is 862. The van der Waals surface area contributed by atoms with Crippen LogP contribution in [0.4, 0.5) is 0 Å².